The summed E-state index contributed by atoms with van der Waals surface area (Å²) in [5.74, 6) is -1.14. The van der Waals surface area contributed by atoms with Crippen molar-refractivity contribution in [3.63, 3.8) is 0 Å². The summed E-state index contributed by atoms with van der Waals surface area (Å²) in [6.07, 6.45) is 1.55. The largest absolute Gasteiger partial charge is 0.481 e. The van der Waals surface area contributed by atoms with Crippen molar-refractivity contribution in [2.75, 3.05) is 33.2 Å². The van der Waals surface area contributed by atoms with Gasteiger partial charge in [-0.2, -0.15) is 0 Å². The fraction of sp³-hybridized carbons (Fsp3) is 0.556. The summed E-state index contributed by atoms with van der Waals surface area (Å²) in [7, 11) is 1.93. The van der Waals surface area contributed by atoms with Crippen LogP contribution in [0.1, 0.15) is 18.4 Å². The first kappa shape index (κ1) is 16.9. The van der Waals surface area contributed by atoms with Gasteiger partial charge in [-0.3, -0.25) is 9.59 Å². The number of carboxylic acids is 1. The smallest absolute Gasteiger partial charge is 0.313 e. The monoisotopic (exact) mass is 334 g/mol. The van der Waals surface area contributed by atoms with Crippen LogP contribution >= 0.6 is 0 Å². The molecule has 3 rings (SSSR count). The molecule has 130 valence electrons. The summed E-state index contributed by atoms with van der Waals surface area (Å²) in [5.41, 5.74) is -0.0609. The zero-order valence-electron chi connectivity index (χ0n) is 13.9. The molecular weight excluding hydrogens is 311 g/mol. The summed E-state index contributed by atoms with van der Waals surface area (Å²) < 4.78 is 13.2. The van der Waals surface area contributed by atoms with Gasteiger partial charge in [0.1, 0.15) is 11.2 Å². The van der Waals surface area contributed by atoms with Crippen molar-refractivity contribution in [1.82, 2.24) is 9.80 Å². The van der Waals surface area contributed by atoms with Gasteiger partial charge in [0, 0.05) is 26.1 Å². The van der Waals surface area contributed by atoms with Crippen LogP contribution < -0.4 is 0 Å². The lowest BCUT2D eigenvalue weighted by Crippen LogP contribution is -2.52. The van der Waals surface area contributed by atoms with E-state index in [1.54, 1.807) is 17.0 Å². The minimum atomic E-state index is -0.846. The fourth-order valence-corrected chi connectivity index (χ4v) is 4.06. The summed E-state index contributed by atoms with van der Waals surface area (Å²) in [6, 6.07) is 6.25. The molecule has 2 saturated heterocycles. The van der Waals surface area contributed by atoms with Gasteiger partial charge in [0.05, 0.1) is 0 Å². The third-order valence-electron chi connectivity index (χ3n) is 5.40. The van der Waals surface area contributed by atoms with E-state index in [4.69, 9.17) is 0 Å². The fourth-order valence-electron chi connectivity index (χ4n) is 4.06. The first-order chi connectivity index (χ1) is 11.4. The van der Waals surface area contributed by atoms with E-state index in [1.807, 2.05) is 11.9 Å². The molecule has 2 heterocycles. The van der Waals surface area contributed by atoms with Gasteiger partial charge in [0.15, 0.2) is 0 Å². The molecule has 1 aromatic carbocycles. The maximum absolute atomic E-state index is 13.2. The topological polar surface area (TPSA) is 60.9 Å². The van der Waals surface area contributed by atoms with E-state index in [1.165, 1.54) is 12.1 Å². The number of carbonyl (C=O) groups excluding carboxylic acids is 1. The van der Waals surface area contributed by atoms with Crippen LogP contribution in [0.4, 0.5) is 4.39 Å². The lowest BCUT2D eigenvalue weighted by Gasteiger charge is -2.39. The Hall–Kier alpha value is -1.95. The molecule has 1 amide bonds. The first-order valence-electron chi connectivity index (χ1n) is 8.35. The van der Waals surface area contributed by atoms with Gasteiger partial charge in [-0.25, -0.2) is 4.39 Å². The molecule has 0 spiro atoms. The molecular formula is C18H23FN2O3. The van der Waals surface area contributed by atoms with Gasteiger partial charge in [-0.05, 0) is 50.0 Å². The van der Waals surface area contributed by atoms with Gasteiger partial charge in [-0.1, -0.05) is 12.1 Å². The molecule has 5 nitrogen and oxygen atoms in total. The highest BCUT2D eigenvalue weighted by Crippen LogP contribution is 2.42. The van der Waals surface area contributed by atoms with Gasteiger partial charge >= 0.3 is 5.97 Å². The van der Waals surface area contributed by atoms with E-state index < -0.39 is 11.4 Å². The molecule has 2 fully saturated rings. The number of halogens is 1. The van der Waals surface area contributed by atoms with Gasteiger partial charge in [0.2, 0.25) is 5.91 Å². The number of aliphatic carboxylic acids is 1. The number of carbonyl (C=O) groups is 2. The maximum atomic E-state index is 13.2. The number of benzene rings is 1. The van der Waals surface area contributed by atoms with Crippen molar-refractivity contribution in [1.29, 1.82) is 0 Å². The molecule has 1 aromatic rings. The van der Waals surface area contributed by atoms with E-state index in [9.17, 15) is 19.1 Å². The van der Waals surface area contributed by atoms with Gasteiger partial charge in [-0.15, -0.1) is 0 Å². The Bertz CT molecular complexity index is 651. The second kappa shape index (κ2) is 6.51. The number of piperidine rings is 1. The summed E-state index contributed by atoms with van der Waals surface area (Å²) >= 11 is 0. The Balaban J connectivity index is 1.65. The number of likely N-dealkylation sites (tertiary alicyclic amines) is 2. The minimum absolute atomic E-state index is 0.0179. The number of fused-ring (bicyclic) bond motifs is 1. The Morgan fingerprint density at radius 2 is 2.17 bits per heavy atom. The van der Waals surface area contributed by atoms with Crippen LogP contribution in [-0.4, -0.2) is 60.0 Å². The number of aryl methyl sites for hydroxylation is 1. The molecule has 0 aromatic heterocycles. The van der Waals surface area contributed by atoms with Crippen LogP contribution in [0.5, 0.6) is 0 Å². The highest BCUT2D eigenvalue weighted by molar-refractivity contribution is 5.81. The molecule has 0 radical (unpaired) electrons. The molecule has 2 aliphatic rings. The molecule has 0 saturated carbocycles. The van der Waals surface area contributed by atoms with Gasteiger partial charge in [0.25, 0.3) is 0 Å². The standard InChI is InChI=1S/C18H23FN2O3/c1-20-8-7-14-10-21(12-18(14,11-20)17(23)24)16(22)6-5-13-3-2-4-15(19)9-13/h2-4,9,14H,5-8,10-12H2,1H3,(H,23,24)/t14-,18-/m0/s1. The van der Waals surface area contributed by atoms with E-state index in [-0.39, 0.29) is 30.6 Å². The molecule has 2 aliphatic heterocycles. The molecule has 6 heteroatoms. The second-order valence-corrected chi connectivity index (χ2v) is 7.09. The number of amides is 1. The van der Waals surface area contributed by atoms with E-state index in [0.717, 1.165) is 18.5 Å². The van der Waals surface area contributed by atoms with Crippen molar-refractivity contribution in [2.24, 2.45) is 11.3 Å². The van der Waals surface area contributed by atoms with Crippen LogP contribution in [0.2, 0.25) is 0 Å². The average Bonchev–Trinajstić information content (AvgIpc) is 2.93. The zero-order valence-corrected chi connectivity index (χ0v) is 13.9. The van der Waals surface area contributed by atoms with Crippen molar-refractivity contribution >= 4 is 11.9 Å². The lowest BCUT2D eigenvalue weighted by atomic mass is 9.73. The van der Waals surface area contributed by atoms with E-state index in [0.29, 0.717) is 19.5 Å². The number of hydrogen-bond acceptors (Lipinski definition) is 3. The Morgan fingerprint density at radius 3 is 2.88 bits per heavy atom. The van der Waals surface area contributed by atoms with Gasteiger partial charge < -0.3 is 14.9 Å². The number of hydrogen-bond donors (Lipinski definition) is 1. The van der Waals surface area contributed by atoms with E-state index in [2.05, 4.69) is 0 Å². The number of rotatable bonds is 4. The summed E-state index contributed by atoms with van der Waals surface area (Å²) in [4.78, 5) is 28.1. The molecule has 0 unspecified atom stereocenters. The number of carboxylic acid groups (broad SMARTS) is 1. The predicted octanol–water partition coefficient (Wildman–Crippen LogP) is 1.62. The van der Waals surface area contributed by atoms with E-state index >= 15 is 0 Å². The Morgan fingerprint density at radius 1 is 1.38 bits per heavy atom. The lowest BCUT2D eigenvalue weighted by molar-refractivity contribution is -0.154. The van der Waals surface area contributed by atoms with Crippen LogP contribution in [0.15, 0.2) is 24.3 Å². The third kappa shape index (κ3) is 3.15. The predicted molar refractivity (Wildman–Crippen MR) is 87.0 cm³/mol. The van der Waals surface area contributed by atoms with Crippen molar-refractivity contribution in [3.05, 3.63) is 35.6 Å². The highest BCUT2D eigenvalue weighted by Gasteiger charge is 2.55. The Kier molecular flexibility index (Phi) is 4.58. The average molecular weight is 334 g/mol. The minimum Gasteiger partial charge on any atom is -0.481 e. The SMILES string of the molecule is CN1CC[C@H]2CN(C(=O)CCc3cccc(F)c3)C[C@@]2(C(=O)O)C1. The zero-order chi connectivity index (χ0) is 17.3. The third-order valence-corrected chi connectivity index (χ3v) is 5.40. The highest BCUT2D eigenvalue weighted by atomic mass is 19.1. The molecule has 24 heavy (non-hydrogen) atoms. The van der Waals surface area contributed by atoms with Crippen molar-refractivity contribution in [3.8, 4) is 0 Å². The Labute approximate surface area is 141 Å². The van der Waals surface area contributed by atoms with Crippen LogP contribution in [0, 0.1) is 17.2 Å². The maximum Gasteiger partial charge on any atom is 0.313 e. The van der Waals surface area contributed by atoms with Crippen LogP contribution in [0.25, 0.3) is 0 Å². The molecule has 0 bridgehead atoms. The van der Waals surface area contributed by atoms with Crippen molar-refractivity contribution < 1.29 is 19.1 Å². The first-order valence-corrected chi connectivity index (χ1v) is 8.35. The summed E-state index contributed by atoms with van der Waals surface area (Å²) in [5, 5.41) is 9.75. The normalized spacial score (nSPS) is 27.1. The van der Waals surface area contributed by atoms with Crippen LogP contribution in [-0.2, 0) is 16.0 Å². The van der Waals surface area contributed by atoms with Crippen molar-refractivity contribution in [2.45, 2.75) is 19.3 Å². The molecule has 1 N–H and O–H groups in total. The molecule has 0 aliphatic carbocycles. The van der Waals surface area contributed by atoms with Crippen LogP contribution in [0.3, 0.4) is 0 Å². The number of nitrogens with zero attached hydrogens (tertiary/aromatic N) is 2. The quantitative estimate of drug-likeness (QED) is 0.909. The second-order valence-electron chi connectivity index (χ2n) is 7.09. The molecule has 2 atom stereocenters. The summed E-state index contributed by atoms with van der Waals surface area (Å²) in [6.45, 7) is 2.15.